The molecule has 0 atom stereocenters. The van der Waals surface area contributed by atoms with Gasteiger partial charge in [-0.15, -0.1) is 0 Å². The summed E-state index contributed by atoms with van der Waals surface area (Å²) >= 11 is 6.03. The predicted octanol–water partition coefficient (Wildman–Crippen LogP) is 2.26. The van der Waals surface area contributed by atoms with Crippen molar-refractivity contribution in [2.75, 3.05) is 13.1 Å². The van der Waals surface area contributed by atoms with Crippen molar-refractivity contribution in [1.82, 2.24) is 10.6 Å². The SMILES string of the molecule is CCNC(=O)CCNCc1ccc(C)c(Cl)c1. The number of halogens is 1. The molecule has 0 aliphatic rings. The lowest BCUT2D eigenvalue weighted by atomic mass is 10.1. The van der Waals surface area contributed by atoms with Gasteiger partial charge in [0.2, 0.25) is 5.91 Å². The van der Waals surface area contributed by atoms with E-state index in [1.165, 1.54) is 0 Å². The third kappa shape index (κ3) is 5.20. The Hall–Kier alpha value is -1.06. The Morgan fingerprint density at radius 3 is 2.82 bits per heavy atom. The molecule has 4 heteroatoms. The number of nitrogens with one attached hydrogen (secondary N) is 2. The van der Waals surface area contributed by atoms with Gasteiger partial charge in [-0.3, -0.25) is 4.79 Å². The molecule has 1 amide bonds. The van der Waals surface area contributed by atoms with Crippen LogP contribution >= 0.6 is 11.6 Å². The van der Waals surface area contributed by atoms with Crippen molar-refractivity contribution < 1.29 is 4.79 Å². The lowest BCUT2D eigenvalue weighted by Gasteiger charge is -2.06. The molecule has 0 radical (unpaired) electrons. The van der Waals surface area contributed by atoms with Crippen molar-refractivity contribution in [3.05, 3.63) is 34.3 Å². The van der Waals surface area contributed by atoms with E-state index in [9.17, 15) is 4.79 Å². The molecule has 0 aliphatic heterocycles. The molecule has 0 aromatic heterocycles. The highest BCUT2D eigenvalue weighted by Crippen LogP contribution is 2.16. The number of hydrogen-bond donors (Lipinski definition) is 2. The lowest BCUT2D eigenvalue weighted by molar-refractivity contribution is -0.120. The maximum Gasteiger partial charge on any atom is 0.221 e. The van der Waals surface area contributed by atoms with Gasteiger partial charge in [-0.05, 0) is 31.0 Å². The van der Waals surface area contributed by atoms with Gasteiger partial charge < -0.3 is 10.6 Å². The first-order valence-corrected chi connectivity index (χ1v) is 6.23. The Morgan fingerprint density at radius 1 is 1.41 bits per heavy atom. The van der Waals surface area contributed by atoms with Crippen LogP contribution in [0.4, 0.5) is 0 Å². The first kappa shape index (κ1) is 14.0. The third-order valence-electron chi connectivity index (χ3n) is 2.47. The van der Waals surface area contributed by atoms with E-state index in [1.54, 1.807) is 0 Å². The second-order valence-corrected chi connectivity index (χ2v) is 4.37. The Balaban J connectivity index is 2.26. The van der Waals surface area contributed by atoms with Gasteiger partial charge in [0.15, 0.2) is 0 Å². The number of hydrogen-bond acceptors (Lipinski definition) is 2. The molecular weight excluding hydrogens is 236 g/mol. The van der Waals surface area contributed by atoms with E-state index >= 15 is 0 Å². The summed E-state index contributed by atoms with van der Waals surface area (Å²) in [6, 6.07) is 6.00. The zero-order chi connectivity index (χ0) is 12.7. The van der Waals surface area contributed by atoms with Crippen molar-refractivity contribution in [1.29, 1.82) is 0 Å². The van der Waals surface area contributed by atoms with Crippen molar-refractivity contribution in [3.63, 3.8) is 0 Å². The number of carbonyl (C=O) groups excluding carboxylic acids is 1. The average Bonchev–Trinajstić information content (AvgIpc) is 2.29. The minimum atomic E-state index is 0.0851. The van der Waals surface area contributed by atoms with Crippen LogP contribution in [0.5, 0.6) is 0 Å². The standard InChI is InChI=1S/C13H19ClN2O/c1-3-16-13(17)6-7-15-9-11-5-4-10(2)12(14)8-11/h4-5,8,15H,3,6-7,9H2,1-2H3,(H,16,17). The molecule has 0 saturated heterocycles. The minimum absolute atomic E-state index is 0.0851. The number of amides is 1. The third-order valence-corrected chi connectivity index (χ3v) is 2.88. The first-order chi connectivity index (χ1) is 8.13. The van der Waals surface area contributed by atoms with Gasteiger partial charge >= 0.3 is 0 Å². The maximum atomic E-state index is 11.2. The molecule has 0 heterocycles. The summed E-state index contributed by atoms with van der Waals surface area (Å²) in [5, 5.41) is 6.76. The fourth-order valence-corrected chi connectivity index (χ4v) is 1.67. The number of rotatable bonds is 6. The molecule has 0 aliphatic carbocycles. The summed E-state index contributed by atoms with van der Waals surface area (Å²) in [6.07, 6.45) is 0.507. The highest BCUT2D eigenvalue weighted by molar-refractivity contribution is 6.31. The van der Waals surface area contributed by atoms with Crippen LogP contribution in [-0.4, -0.2) is 19.0 Å². The van der Waals surface area contributed by atoms with Crippen molar-refractivity contribution in [2.45, 2.75) is 26.8 Å². The summed E-state index contributed by atoms with van der Waals surface area (Å²) in [5.74, 6) is 0.0851. The summed E-state index contributed by atoms with van der Waals surface area (Å²) in [4.78, 5) is 11.2. The molecule has 94 valence electrons. The highest BCUT2D eigenvalue weighted by atomic mass is 35.5. The highest BCUT2D eigenvalue weighted by Gasteiger charge is 2.00. The molecule has 3 nitrogen and oxygen atoms in total. The Labute approximate surface area is 108 Å². The molecule has 0 fully saturated rings. The van der Waals surface area contributed by atoms with E-state index in [0.717, 1.165) is 22.7 Å². The van der Waals surface area contributed by atoms with Crippen LogP contribution in [0.2, 0.25) is 5.02 Å². The second-order valence-electron chi connectivity index (χ2n) is 3.96. The largest absolute Gasteiger partial charge is 0.356 e. The number of benzene rings is 1. The smallest absolute Gasteiger partial charge is 0.221 e. The fourth-order valence-electron chi connectivity index (χ4n) is 1.47. The quantitative estimate of drug-likeness (QED) is 0.765. The minimum Gasteiger partial charge on any atom is -0.356 e. The maximum absolute atomic E-state index is 11.2. The summed E-state index contributed by atoms with van der Waals surface area (Å²) in [5.41, 5.74) is 2.22. The van der Waals surface area contributed by atoms with Crippen molar-refractivity contribution >= 4 is 17.5 Å². The Kier molecular flexibility index (Phi) is 6.01. The Bertz CT molecular complexity index is 380. The Morgan fingerprint density at radius 2 is 2.18 bits per heavy atom. The van der Waals surface area contributed by atoms with Gasteiger partial charge in [0.25, 0.3) is 0 Å². The molecule has 17 heavy (non-hydrogen) atoms. The second kappa shape index (κ2) is 7.30. The van der Waals surface area contributed by atoms with Gasteiger partial charge in [-0.25, -0.2) is 0 Å². The first-order valence-electron chi connectivity index (χ1n) is 5.86. The van der Waals surface area contributed by atoms with E-state index in [0.29, 0.717) is 19.5 Å². The van der Waals surface area contributed by atoms with Crippen LogP contribution in [0.25, 0.3) is 0 Å². The van der Waals surface area contributed by atoms with Crippen LogP contribution < -0.4 is 10.6 Å². The van der Waals surface area contributed by atoms with Crippen molar-refractivity contribution in [2.24, 2.45) is 0 Å². The van der Waals surface area contributed by atoms with Crippen molar-refractivity contribution in [3.8, 4) is 0 Å². The van der Waals surface area contributed by atoms with Crippen LogP contribution in [0.3, 0.4) is 0 Å². The van der Waals surface area contributed by atoms with Gasteiger partial charge in [-0.1, -0.05) is 23.7 Å². The van der Waals surface area contributed by atoms with E-state index in [1.807, 2.05) is 32.0 Å². The number of carbonyl (C=O) groups is 1. The van der Waals surface area contributed by atoms with Gasteiger partial charge in [0, 0.05) is 31.1 Å². The van der Waals surface area contributed by atoms with Crippen LogP contribution in [0.1, 0.15) is 24.5 Å². The molecular formula is C13H19ClN2O. The van der Waals surface area contributed by atoms with Gasteiger partial charge in [0.05, 0.1) is 0 Å². The predicted molar refractivity (Wildman–Crippen MR) is 71.2 cm³/mol. The zero-order valence-electron chi connectivity index (χ0n) is 10.3. The van der Waals surface area contributed by atoms with E-state index in [2.05, 4.69) is 10.6 Å². The normalized spacial score (nSPS) is 10.3. The van der Waals surface area contributed by atoms with Crippen LogP contribution in [0, 0.1) is 6.92 Å². The van der Waals surface area contributed by atoms with Gasteiger partial charge in [-0.2, -0.15) is 0 Å². The molecule has 0 unspecified atom stereocenters. The zero-order valence-corrected chi connectivity index (χ0v) is 11.1. The molecule has 1 rings (SSSR count). The molecule has 2 N–H and O–H groups in total. The van der Waals surface area contributed by atoms with Crippen LogP contribution in [-0.2, 0) is 11.3 Å². The monoisotopic (exact) mass is 254 g/mol. The summed E-state index contributed by atoms with van der Waals surface area (Å²) < 4.78 is 0. The van der Waals surface area contributed by atoms with Gasteiger partial charge in [0.1, 0.15) is 0 Å². The molecule has 1 aromatic carbocycles. The summed E-state index contributed by atoms with van der Waals surface area (Å²) in [7, 11) is 0. The van der Waals surface area contributed by atoms with E-state index < -0.39 is 0 Å². The van der Waals surface area contributed by atoms with Crippen LogP contribution in [0.15, 0.2) is 18.2 Å². The molecule has 0 spiro atoms. The fraction of sp³-hybridized carbons (Fsp3) is 0.462. The summed E-state index contributed by atoms with van der Waals surface area (Å²) in [6.45, 7) is 6.00. The molecule has 1 aromatic rings. The number of aryl methyl sites for hydroxylation is 1. The molecule has 0 bridgehead atoms. The molecule has 0 saturated carbocycles. The lowest BCUT2D eigenvalue weighted by Crippen LogP contribution is -2.27. The van der Waals surface area contributed by atoms with E-state index in [4.69, 9.17) is 11.6 Å². The topological polar surface area (TPSA) is 41.1 Å². The van der Waals surface area contributed by atoms with E-state index in [-0.39, 0.29) is 5.91 Å². The average molecular weight is 255 g/mol.